The summed E-state index contributed by atoms with van der Waals surface area (Å²) in [6.45, 7) is 7.28. The molecule has 1 saturated heterocycles. The number of aliphatic carboxylic acids is 1. The van der Waals surface area contributed by atoms with E-state index in [1.807, 2.05) is 6.92 Å². The lowest BCUT2D eigenvalue weighted by atomic mass is 9.75. The Labute approximate surface area is 122 Å². The number of hydrogen-bond acceptors (Lipinski definition) is 4. The fraction of sp³-hybridized carbons (Fsp3) is 0.929. The van der Waals surface area contributed by atoms with Gasteiger partial charge in [-0.1, -0.05) is 13.3 Å². The van der Waals surface area contributed by atoms with Crippen LogP contribution in [-0.4, -0.2) is 55.0 Å². The summed E-state index contributed by atoms with van der Waals surface area (Å²) < 4.78 is 23.6. The van der Waals surface area contributed by atoms with Crippen molar-refractivity contribution in [1.82, 2.24) is 4.90 Å². The highest BCUT2D eigenvalue weighted by molar-refractivity contribution is 7.92. The Morgan fingerprint density at radius 3 is 2.25 bits per heavy atom. The molecule has 0 unspecified atom stereocenters. The maximum absolute atomic E-state index is 11.8. The van der Waals surface area contributed by atoms with Crippen LogP contribution < -0.4 is 0 Å². The Bertz CT molecular complexity index is 422. The van der Waals surface area contributed by atoms with Crippen molar-refractivity contribution in [1.29, 1.82) is 0 Å². The summed E-state index contributed by atoms with van der Waals surface area (Å²) in [6, 6.07) is 0. The lowest BCUT2D eigenvalue weighted by molar-refractivity contribution is -0.152. The van der Waals surface area contributed by atoms with Crippen molar-refractivity contribution in [3.8, 4) is 0 Å². The van der Waals surface area contributed by atoms with E-state index in [1.54, 1.807) is 13.8 Å². The molecule has 0 spiro atoms. The molecule has 0 atom stereocenters. The molecule has 0 aromatic carbocycles. The molecule has 0 saturated carbocycles. The second-order valence-corrected chi connectivity index (χ2v) is 8.77. The van der Waals surface area contributed by atoms with Crippen LogP contribution in [0.4, 0.5) is 0 Å². The van der Waals surface area contributed by atoms with Crippen molar-refractivity contribution in [2.45, 2.75) is 51.7 Å². The zero-order valence-corrected chi connectivity index (χ0v) is 13.6. The van der Waals surface area contributed by atoms with Crippen molar-refractivity contribution in [3.05, 3.63) is 0 Å². The van der Waals surface area contributed by atoms with Crippen molar-refractivity contribution in [2.24, 2.45) is 5.41 Å². The molecular weight excluding hydrogens is 278 g/mol. The lowest BCUT2D eigenvalue weighted by Gasteiger charge is -2.38. The van der Waals surface area contributed by atoms with Crippen LogP contribution in [-0.2, 0) is 14.6 Å². The third-order valence-corrected chi connectivity index (χ3v) is 6.59. The van der Waals surface area contributed by atoms with E-state index >= 15 is 0 Å². The third kappa shape index (κ3) is 4.19. The van der Waals surface area contributed by atoms with E-state index < -0.39 is 21.2 Å². The second-order valence-electron chi connectivity index (χ2n) is 6.09. The first kappa shape index (κ1) is 17.4. The van der Waals surface area contributed by atoms with Gasteiger partial charge in [0.25, 0.3) is 0 Å². The molecule has 0 aromatic heterocycles. The van der Waals surface area contributed by atoms with Crippen LogP contribution in [0.5, 0.6) is 0 Å². The van der Waals surface area contributed by atoms with E-state index in [0.717, 1.165) is 6.42 Å². The van der Waals surface area contributed by atoms with Crippen LogP contribution in [0, 0.1) is 5.41 Å². The molecule has 1 aliphatic rings. The maximum Gasteiger partial charge on any atom is 0.309 e. The SMILES string of the molecule is CCCC1(C(=O)O)CCN(CCS(=O)(=O)C(C)C)CC1. The molecule has 1 rings (SSSR count). The smallest absolute Gasteiger partial charge is 0.309 e. The summed E-state index contributed by atoms with van der Waals surface area (Å²) >= 11 is 0. The minimum absolute atomic E-state index is 0.165. The van der Waals surface area contributed by atoms with Crippen LogP contribution in [0.1, 0.15) is 46.5 Å². The largest absolute Gasteiger partial charge is 0.481 e. The third-order valence-electron chi connectivity index (χ3n) is 4.41. The van der Waals surface area contributed by atoms with Gasteiger partial charge in [-0.05, 0) is 46.2 Å². The summed E-state index contributed by atoms with van der Waals surface area (Å²) in [4.78, 5) is 13.5. The quantitative estimate of drug-likeness (QED) is 0.776. The van der Waals surface area contributed by atoms with E-state index in [4.69, 9.17) is 0 Å². The number of piperidine rings is 1. The predicted octanol–water partition coefficient (Wildman–Crippen LogP) is 1.78. The van der Waals surface area contributed by atoms with Crippen molar-refractivity contribution in [2.75, 3.05) is 25.4 Å². The second kappa shape index (κ2) is 6.89. The van der Waals surface area contributed by atoms with E-state index in [9.17, 15) is 18.3 Å². The zero-order valence-electron chi connectivity index (χ0n) is 12.8. The molecule has 0 aliphatic carbocycles. The number of sulfone groups is 1. The Balaban J connectivity index is 2.52. The first-order chi connectivity index (χ1) is 9.23. The molecule has 1 fully saturated rings. The molecule has 0 amide bonds. The number of carbonyl (C=O) groups is 1. The van der Waals surface area contributed by atoms with Crippen LogP contribution in [0.15, 0.2) is 0 Å². The minimum Gasteiger partial charge on any atom is -0.481 e. The van der Waals surface area contributed by atoms with Gasteiger partial charge in [0.15, 0.2) is 9.84 Å². The van der Waals surface area contributed by atoms with Gasteiger partial charge < -0.3 is 10.0 Å². The summed E-state index contributed by atoms with van der Waals surface area (Å²) in [5, 5.41) is 9.08. The normalized spacial score (nSPS) is 20.2. The number of nitrogens with zero attached hydrogens (tertiary/aromatic N) is 1. The maximum atomic E-state index is 11.8. The number of hydrogen-bond donors (Lipinski definition) is 1. The Morgan fingerprint density at radius 1 is 1.30 bits per heavy atom. The first-order valence-corrected chi connectivity index (χ1v) is 9.12. The monoisotopic (exact) mass is 305 g/mol. The van der Waals surface area contributed by atoms with Gasteiger partial charge in [-0.3, -0.25) is 4.79 Å². The van der Waals surface area contributed by atoms with E-state index in [2.05, 4.69) is 4.90 Å². The Hall–Kier alpha value is -0.620. The van der Waals surface area contributed by atoms with E-state index in [0.29, 0.717) is 38.9 Å². The average molecular weight is 305 g/mol. The Morgan fingerprint density at radius 2 is 1.85 bits per heavy atom. The zero-order chi connectivity index (χ0) is 15.4. The summed E-state index contributed by atoms with van der Waals surface area (Å²) in [7, 11) is -3.01. The highest BCUT2D eigenvalue weighted by atomic mass is 32.2. The topological polar surface area (TPSA) is 74.7 Å². The number of carboxylic acids is 1. The van der Waals surface area contributed by atoms with Gasteiger partial charge in [0.05, 0.1) is 16.4 Å². The molecular formula is C14H27NO4S. The van der Waals surface area contributed by atoms with Crippen LogP contribution in [0.3, 0.4) is 0 Å². The van der Waals surface area contributed by atoms with Gasteiger partial charge in [-0.15, -0.1) is 0 Å². The summed E-state index contributed by atoms with van der Waals surface area (Å²) in [6.07, 6.45) is 2.82. The first-order valence-electron chi connectivity index (χ1n) is 7.41. The van der Waals surface area contributed by atoms with Crippen molar-refractivity contribution in [3.63, 3.8) is 0 Å². The molecule has 1 aliphatic heterocycles. The predicted molar refractivity (Wildman–Crippen MR) is 79.6 cm³/mol. The lowest BCUT2D eigenvalue weighted by Crippen LogP contribution is -2.45. The molecule has 0 aromatic rings. The van der Waals surface area contributed by atoms with Gasteiger partial charge in [-0.25, -0.2) is 8.42 Å². The highest BCUT2D eigenvalue weighted by Crippen LogP contribution is 2.36. The average Bonchev–Trinajstić information content (AvgIpc) is 2.38. The van der Waals surface area contributed by atoms with Gasteiger partial charge in [0.2, 0.25) is 0 Å². The van der Waals surface area contributed by atoms with Crippen LogP contribution in [0.2, 0.25) is 0 Å². The number of likely N-dealkylation sites (tertiary alicyclic amines) is 1. The molecule has 0 radical (unpaired) electrons. The fourth-order valence-corrected chi connectivity index (χ4v) is 3.73. The van der Waals surface area contributed by atoms with E-state index in [1.165, 1.54) is 0 Å². The van der Waals surface area contributed by atoms with Crippen LogP contribution in [0.25, 0.3) is 0 Å². The Kier molecular flexibility index (Phi) is 6.01. The molecule has 20 heavy (non-hydrogen) atoms. The molecule has 0 bridgehead atoms. The summed E-state index contributed by atoms with van der Waals surface area (Å²) in [5.41, 5.74) is -0.595. The molecule has 5 nitrogen and oxygen atoms in total. The molecule has 1 N–H and O–H groups in total. The number of carboxylic acid groups (broad SMARTS) is 1. The minimum atomic E-state index is -3.01. The van der Waals surface area contributed by atoms with Crippen LogP contribution >= 0.6 is 0 Å². The molecule has 1 heterocycles. The molecule has 6 heteroatoms. The standard InChI is InChI=1S/C14H27NO4S/c1-4-5-14(13(16)17)6-8-15(9-7-14)10-11-20(18,19)12(2)3/h12H,4-11H2,1-3H3,(H,16,17). The van der Waals surface area contributed by atoms with Gasteiger partial charge in [-0.2, -0.15) is 0 Å². The highest BCUT2D eigenvalue weighted by Gasteiger charge is 2.40. The summed E-state index contributed by atoms with van der Waals surface area (Å²) in [5.74, 6) is -0.535. The van der Waals surface area contributed by atoms with E-state index in [-0.39, 0.29) is 11.0 Å². The van der Waals surface area contributed by atoms with Gasteiger partial charge >= 0.3 is 5.97 Å². The molecule has 118 valence electrons. The van der Waals surface area contributed by atoms with Crippen molar-refractivity contribution < 1.29 is 18.3 Å². The fourth-order valence-electron chi connectivity index (χ4n) is 2.75. The van der Waals surface area contributed by atoms with Gasteiger partial charge in [0.1, 0.15) is 0 Å². The van der Waals surface area contributed by atoms with Crippen molar-refractivity contribution >= 4 is 15.8 Å². The number of rotatable bonds is 7. The van der Waals surface area contributed by atoms with Gasteiger partial charge in [0, 0.05) is 6.54 Å².